The monoisotopic (exact) mass is 686 g/mol. The van der Waals surface area contributed by atoms with Crippen LogP contribution in [0.5, 0.6) is 0 Å². The number of hydrogen-bond donors (Lipinski definition) is 1. The molecule has 10 heteroatoms. The Morgan fingerprint density at radius 2 is 0.860 bits per heavy atom. The van der Waals surface area contributed by atoms with E-state index >= 15 is 0 Å². The lowest BCUT2D eigenvalue weighted by atomic mass is 10.1. The molecule has 3 aromatic carbocycles. The van der Waals surface area contributed by atoms with Crippen LogP contribution in [0.1, 0.15) is 16.7 Å². The first-order chi connectivity index (χ1) is 24.6. The summed E-state index contributed by atoms with van der Waals surface area (Å²) in [4.78, 5) is 0. The molecule has 1 N–H and O–H groups in total. The second-order valence-electron chi connectivity index (χ2n) is 12.2. The highest BCUT2D eigenvalue weighted by Gasteiger charge is 2.36. The lowest BCUT2D eigenvalue weighted by Crippen LogP contribution is -2.48. The van der Waals surface area contributed by atoms with Gasteiger partial charge in [-0.15, -0.1) is 0 Å². The molecule has 0 fully saturated rings. The number of benzene rings is 3. The number of rotatable bonds is 17. The SMILES string of the molecule is CO[C@H]1C=C[C@@H](O[C@H]2C=C[C@@H](O[C@H]3C=C[C@@H](O)[C@@H](COCc4ccccc4)O3)[C@@H](COCc3ccccc3)O2)[C@@H](COCc2ccccc2)O1. The Balaban J connectivity index is 1.08. The molecule has 0 bridgehead atoms. The smallest absolute Gasteiger partial charge is 0.178 e. The molecule has 0 unspecified atom stereocenters. The lowest BCUT2D eigenvalue weighted by Gasteiger charge is -2.38. The summed E-state index contributed by atoms with van der Waals surface area (Å²) in [5, 5.41) is 10.6. The van der Waals surface area contributed by atoms with E-state index in [0.717, 1.165) is 16.7 Å². The van der Waals surface area contributed by atoms with Gasteiger partial charge in [0.15, 0.2) is 18.9 Å². The summed E-state index contributed by atoms with van der Waals surface area (Å²) in [5.74, 6) is 0. The highest BCUT2D eigenvalue weighted by molar-refractivity contribution is 5.15. The topological polar surface area (TPSA) is 103 Å². The van der Waals surface area contributed by atoms with Gasteiger partial charge in [-0.3, -0.25) is 0 Å². The van der Waals surface area contributed by atoms with Gasteiger partial charge in [0, 0.05) is 7.11 Å². The van der Waals surface area contributed by atoms with E-state index in [4.69, 9.17) is 42.6 Å². The number of methoxy groups -OCH3 is 1. The fraction of sp³-hybridized carbons (Fsp3) is 0.400. The van der Waals surface area contributed by atoms with E-state index in [1.165, 1.54) is 0 Å². The summed E-state index contributed by atoms with van der Waals surface area (Å²) in [6.07, 6.45) is 5.52. The van der Waals surface area contributed by atoms with Crippen LogP contribution in [0.15, 0.2) is 127 Å². The predicted molar refractivity (Wildman–Crippen MR) is 184 cm³/mol. The normalized spacial score (nSPS) is 29.3. The zero-order valence-electron chi connectivity index (χ0n) is 28.2. The number of hydrogen-bond acceptors (Lipinski definition) is 10. The minimum absolute atomic E-state index is 0.202. The van der Waals surface area contributed by atoms with Crippen LogP contribution in [0.2, 0.25) is 0 Å². The zero-order chi connectivity index (χ0) is 34.4. The second-order valence-corrected chi connectivity index (χ2v) is 12.2. The molecule has 0 spiro atoms. The fourth-order valence-corrected chi connectivity index (χ4v) is 5.74. The van der Waals surface area contributed by atoms with Crippen LogP contribution < -0.4 is 0 Å². The number of aliphatic hydroxyl groups excluding tert-OH is 1. The van der Waals surface area contributed by atoms with E-state index < -0.39 is 55.5 Å². The Labute approximate surface area is 293 Å². The third kappa shape index (κ3) is 11.0. The van der Waals surface area contributed by atoms with Crippen LogP contribution in [-0.4, -0.2) is 87.5 Å². The molecular formula is C40H46O10. The summed E-state index contributed by atoms with van der Waals surface area (Å²) in [6, 6.07) is 29.8. The van der Waals surface area contributed by atoms with Crippen molar-refractivity contribution in [1.82, 2.24) is 0 Å². The first kappa shape index (κ1) is 36.3. The van der Waals surface area contributed by atoms with Crippen LogP contribution in [-0.2, 0) is 62.5 Å². The van der Waals surface area contributed by atoms with Crippen LogP contribution in [0.4, 0.5) is 0 Å². The van der Waals surface area contributed by atoms with Crippen molar-refractivity contribution in [2.75, 3.05) is 26.9 Å². The van der Waals surface area contributed by atoms with Gasteiger partial charge in [-0.25, -0.2) is 0 Å². The van der Waals surface area contributed by atoms with Gasteiger partial charge >= 0.3 is 0 Å². The first-order valence-electron chi connectivity index (χ1n) is 17.0. The van der Waals surface area contributed by atoms with Gasteiger partial charge in [0.1, 0.15) is 36.6 Å². The average molecular weight is 687 g/mol. The molecular weight excluding hydrogens is 640 g/mol. The summed E-state index contributed by atoms with van der Waals surface area (Å²) in [7, 11) is 1.59. The third-order valence-corrected chi connectivity index (χ3v) is 8.42. The van der Waals surface area contributed by atoms with Crippen molar-refractivity contribution in [3.05, 3.63) is 144 Å². The van der Waals surface area contributed by atoms with E-state index in [-0.39, 0.29) is 13.2 Å². The van der Waals surface area contributed by atoms with E-state index in [9.17, 15) is 5.11 Å². The van der Waals surface area contributed by atoms with Crippen molar-refractivity contribution < 1.29 is 47.7 Å². The highest BCUT2D eigenvalue weighted by Crippen LogP contribution is 2.26. The van der Waals surface area contributed by atoms with Gasteiger partial charge in [0.2, 0.25) is 0 Å². The van der Waals surface area contributed by atoms with Crippen molar-refractivity contribution in [1.29, 1.82) is 0 Å². The maximum atomic E-state index is 10.6. The highest BCUT2D eigenvalue weighted by atomic mass is 16.7. The molecule has 0 saturated heterocycles. The lowest BCUT2D eigenvalue weighted by molar-refractivity contribution is -0.258. The Morgan fingerprint density at radius 1 is 0.480 bits per heavy atom. The standard InChI is InChI=1S/C40H46O10/c1-42-38-21-18-33(36(49-38)27-44-24-30-13-7-3-8-14-30)47-40-22-19-34(37(50-40)28-45-25-31-15-9-4-10-16-31)46-39-20-17-32(41)35(48-39)26-43-23-29-11-5-2-6-12-29/h2-22,32-41H,23-28H2,1H3/t32-,33-,34-,35-,36-,37-,38-,39-,40-/m1/s1. The van der Waals surface area contributed by atoms with E-state index in [1.54, 1.807) is 19.3 Å². The van der Waals surface area contributed by atoms with Crippen LogP contribution >= 0.6 is 0 Å². The molecule has 0 saturated carbocycles. The third-order valence-electron chi connectivity index (χ3n) is 8.42. The molecule has 266 valence electrons. The largest absolute Gasteiger partial charge is 0.386 e. The van der Waals surface area contributed by atoms with Crippen LogP contribution in [0.25, 0.3) is 0 Å². The molecule has 3 aliphatic rings. The molecule has 3 heterocycles. The summed E-state index contributed by atoms with van der Waals surface area (Å²) in [5.41, 5.74) is 3.16. The molecule has 3 aromatic rings. The second kappa shape index (κ2) is 19.2. The summed E-state index contributed by atoms with van der Waals surface area (Å²) in [6.45, 7) is 2.00. The summed E-state index contributed by atoms with van der Waals surface area (Å²) < 4.78 is 54.9. The molecule has 0 radical (unpaired) electrons. The Morgan fingerprint density at radius 3 is 1.32 bits per heavy atom. The van der Waals surface area contributed by atoms with E-state index in [1.807, 2.05) is 115 Å². The zero-order valence-corrected chi connectivity index (χ0v) is 28.2. The van der Waals surface area contributed by atoms with Gasteiger partial charge in [-0.2, -0.15) is 0 Å². The van der Waals surface area contributed by atoms with Crippen molar-refractivity contribution in [3.8, 4) is 0 Å². The van der Waals surface area contributed by atoms with E-state index in [0.29, 0.717) is 26.4 Å². The van der Waals surface area contributed by atoms with Crippen LogP contribution in [0, 0.1) is 0 Å². The molecule has 9 atom stereocenters. The van der Waals surface area contributed by atoms with Crippen molar-refractivity contribution in [3.63, 3.8) is 0 Å². The molecule has 3 aliphatic heterocycles. The average Bonchev–Trinajstić information content (AvgIpc) is 3.16. The van der Waals surface area contributed by atoms with Crippen molar-refractivity contribution >= 4 is 0 Å². The number of ether oxygens (including phenoxy) is 9. The molecule has 6 rings (SSSR count). The Kier molecular flexibility index (Phi) is 13.9. The molecule has 10 nitrogen and oxygen atoms in total. The quantitative estimate of drug-likeness (QED) is 0.189. The van der Waals surface area contributed by atoms with E-state index in [2.05, 4.69) is 0 Å². The fourth-order valence-electron chi connectivity index (χ4n) is 5.74. The van der Waals surface area contributed by atoms with Gasteiger partial charge in [0.25, 0.3) is 0 Å². The van der Waals surface area contributed by atoms with Crippen LogP contribution in [0.3, 0.4) is 0 Å². The molecule has 50 heavy (non-hydrogen) atoms. The maximum absolute atomic E-state index is 10.6. The number of aliphatic hydroxyl groups is 1. The van der Waals surface area contributed by atoms with Crippen molar-refractivity contribution in [2.45, 2.75) is 75.3 Å². The first-order valence-corrected chi connectivity index (χ1v) is 17.0. The Hall–Kier alpha value is -3.52. The maximum Gasteiger partial charge on any atom is 0.178 e. The van der Waals surface area contributed by atoms with Gasteiger partial charge in [-0.1, -0.05) is 109 Å². The van der Waals surface area contributed by atoms with Gasteiger partial charge < -0.3 is 47.7 Å². The molecule has 0 aromatic heterocycles. The molecule has 0 aliphatic carbocycles. The predicted octanol–water partition coefficient (Wildman–Crippen LogP) is 5.26. The minimum Gasteiger partial charge on any atom is -0.386 e. The molecule has 0 amide bonds. The summed E-state index contributed by atoms with van der Waals surface area (Å²) >= 11 is 0. The van der Waals surface area contributed by atoms with Gasteiger partial charge in [0.05, 0.1) is 39.6 Å². The van der Waals surface area contributed by atoms with Gasteiger partial charge in [-0.05, 0) is 34.9 Å². The van der Waals surface area contributed by atoms with Crippen molar-refractivity contribution in [2.24, 2.45) is 0 Å². The minimum atomic E-state index is -0.820. The Bertz CT molecular complexity index is 1480.